The van der Waals surface area contributed by atoms with Crippen molar-refractivity contribution in [1.82, 2.24) is 10.2 Å². The molecule has 2 atom stereocenters. The van der Waals surface area contributed by atoms with E-state index >= 15 is 0 Å². The summed E-state index contributed by atoms with van der Waals surface area (Å²) in [6.07, 6.45) is 5.26. The second-order valence-corrected chi connectivity index (χ2v) is 7.09. The molecule has 3 rings (SSSR count). The number of phenolic OH excluding ortho intramolecular Hbond substituents is 1. The predicted octanol–water partition coefficient (Wildman–Crippen LogP) is 3.13. The second-order valence-electron chi connectivity index (χ2n) is 7.09. The highest BCUT2D eigenvalue weighted by Gasteiger charge is 2.45. The van der Waals surface area contributed by atoms with E-state index in [0.717, 1.165) is 25.6 Å². The molecule has 21 heavy (non-hydrogen) atoms. The highest BCUT2D eigenvalue weighted by molar-refractivity contribution is 5.26. The zero-order valence-corrected chi connectivity index (χ0v) is 13.3. The van der Waals surface area contributed by atoms with Crippen molar-refractivity contribution in [1.29, 1.82) is 0 Å². The fourth-order valence-corrected chi connectivity index (χ4v) is 3.72. The molecule has 1 aromatic rings. The molecule has 2 fully saturated rings. The summed E-state index contributed by atoms with van der Waals surface area (Å²) < 4.78 is 0. The Bertz CT molecular complexity index is 469. The largest absolute Gasteiger partial charge is 0.508 e. The Balaban J connectivity index is 1.71. The summed E-state index contributed by atoms with van der Waals surface area (Å²) in [6.45, 7) is 7.92. The Morgan fingerprint density at radius 1 is 1.29 bits per heavy atom. The van der Waals surface area contributed by atoms with Gasteiger partial charge in [-0.1, -0.05) is 25.5 Å². The number of nitrogens with one attached hydrogen (secondary N) is 1. The Morgan fingerprint density at radius 3 is 2.62 bits per heavy atom. The van der Waals surface area contributed by atoms with Gasteiger partial charge < -0.3 is 10.4 Å². The maximum absolute atomic E-state index is 9.44. The Kier molecular flexibility index (Phi) is 4.23. The van der Waals surface area contributed by atoms with E-state index in [9.17, 15) is 5.11 Å². The molecule has 0 amide bonds. The summed E-state index contributed by atoms with van der Waals surface area (Å²) in [4.78, 5) is 2.66. The summed E-state index contributed by atoms with van der Waals surface area (Å²) in [5.74, 6) is 1.22. The maximum atomic E-state index is 9.44. The first-order valence-electron chi connectivity index (χ1n) is 8.38. The van der Waals surface area contributed by atoms with Crippen molar-refractivity contribution in [2.45, 2.75) is 57.7 Å². The van der Waals surface area contributed by atoms with Crippen LogP contribution in [0.4, 0.5) is 0 Å². The van der Waals surface area contributed by atoms with Crippen LogP contribution in [0.3, 0.4) is 0 Å². The molecule has 1 saturated heterocycles. The molecule has 3 heteroatoms. The molecule has 0 radical (unpaired) electrons. The Morgan fingerprint density at radius 2 is 2.00 bits per heavy atom. The number of rotatable bonds is 5. The van der Waals surface area contributed by atoms with Crippen molar-refractivity contribution in [3.63, 3.8) is 0 Å². The van der Waals surface area contributed by atoms with Gasteiger partial charge in [-0.05, 0) is 49.8 Å². The lowest BCUT2D eigenvalue weighted by atomic mass is 9.89. The predicted molar refractivity (Wildman–Crippen MR) is 86.3 cm³/mol. The van der Waals surface area contributed by atoms with Gasteiger partial charge in [0.25, 0.3) is 0 Å². The van der Waals surface area contributed by atoms with Crippen LogP contribution in [0.1, 0.15) is 45.1 Å². The molecule has 2 unspecified atom stereocenters. The van der Waals surface area contributed by atoms with E-state index in [4.69, 9.17) is 0 Å². The second kappa shape index (κ2) is 5.98. The molecule has 3 nitrogen and oxygen atoms in total. The summed E-state index contributed by atoms with van der Waals surface area (Å²) in [5.41, 5.74) is 1.59. The first kappa shape index (κ1) is 14.9. The van der Waals surface area contributed by atoms with Gasteiger partial charge in [0.15, 0.2) is 0 Å². The Hall–Kier alpha value is -1.06. The van der Waals surface area contributed by atoms with Crippen molar-refractivity contribution in [2.24, 2.45) is 5.92 Å². The van der Waals surface area contributed by atoms with E-state index in [0.29, 0.717) is 17.3 Å². The van der Waals surface area contributed by atoms with Crippen LogP contribution < -0.4 is 5.32 Å². The third-order valence-corrected chi connectivity index (χ3v) is 5.21. The van der Waals surface area contributed by atoms with E-state index in [1.54, 1.807) is 12.1 Å². The monoisotopic (exact) mass is 288 g/mol. The van der Waals surface area contributed by atoms with Crippen LogP contribution in [0.25, 0.3) is 0 Å². The zero-order chi connectivity index (χ0) is 14.9. The molecule has 2 aliphatic rings. The minimum Gasteiger partial charge on any atom is -0.508 e. The van der Waals surface area contributed by atoms with Gasteiger partial charge in [0.1, 0.15) is 5.75 Å². The summed E-state index contributed by atoms with van der Waals surface area (Å²) in [6, 6.07) is 8.33. The smallest absolute Gasteiger partial charge is 0.115 e. The molecule has 1 aliphatic heterocycles. The molecule has 0 bridgehead atoms. The topological polar surface area (TPSA) is 35.5 Å². The van der Waals surface area contributed by atoms with Crippen LogP contribution in [0.15, 0.2) is 24.3 Å². The van der Waals surface area contributed by atoms with Crippen molar-refractivity contribution in [3.05, 3.63) is 29.8 Å². The fourth-order valence-electron chi connectivity index (χ4n) is 3.72. The number of nitrogens with zero attached hydrogens (tertiary/aromatic N) is 1. The molecule has 0 spiro atoms. The van der Waals surface area contributed by atoms with E-state index in [-0.39, 0.29) is 0 Å². The lowest BCUT2D eigenvalue weighted by molar-refractivity contribution is 0.0638. The highest BCUT2D eigenvalue weighted by atomic mass is 16.3. The average Bonchev–Trinajstić information content (AvgIpc) is 3.30. The first-order valence-corrected chi connectivity index (χ1v) is 8.38. The van der Waals surface area contributed by atoms with E-state index in [1.807, 2.05) is 0 Å². The van der Waals surface area contributed by atoms with E-state index in [1.165, 1.54) is 31.2 Å². The molecule has 116 valence electrons. The normalized spacial score (nSPS) is 30.5. The third kappa shape index (κ3) is 3.41. The van der Waals surface area contributed by atoms with Crippen molar-refractivity contribution in [3.8, 4) is 5.75 Å². The zero-order valence-electron chi connectivity index (χ0n) is 13.3. The van der Waals surface area contributed by atoms with Crippen LogP contribution in [0, 0.1) is 5.92 Å². The molecule has 0 aromatic heterocycles. The van der Waals surface area contributed by atoms with Gasteiger partial charge in [-0.2, -0.15) is 0 Å². The maximum Gasteiger partial charge on any atom is 0.115 e. The highest BCUT2D eigenvalue weighted by Crippen LogP contribution is 2.41. The molecular weight excluding hydrogens is 260 g/mol. The van der Waals surface area contributed by atoms with E-state index < -0.39 is 0 Å². The minimum atomic E-state index is 0.293. The van der Waals surface area contributed by atoms with Crippen LogP contribution >= 0.6 is 0 Å². The summed E-state index contributed by atoms with van der Waals surface area (Å²) >= 11 is 0. The Labute approximate surface area is 128 Å². The molecule has 1 aliphatic carbocycles. The molecule has 2 N–H and O–H groups in total. The lowest BCUT2D eigenvalue weighted by Crippen LogP contribution is -2.63. The number of aromatic hydroxyl groups is 1. The third-order valence-electron chi connectivity index (χ3n) is 5.21. The van der Waals surface area contributed by atoms with Crippen LogP contribution in [-0.4, -0.2) is 34.7 Å². The molecule has 1 saturated carbocycles. The van der Waals surface area contributed by atoms with Crippen molar-refractivity contribution in [2.75, 3.05) is 13.1 Å². The van der Waals surface area contributed by atoms with Crippen molar-refractivity contribution < 1.29 is 5.11 Å². The molecule has 1 heterocycles. The SMILES string of the molecule is CCCC1CNC(C)(C2CC2)CN1Cc1ccc(O)cc1. The number of benzene rings is 1. The standard InChI is InChI=1S/C18H28N2O/c1-3-4-16-11-19-18(2,15-7-8-15)13-20(16)12-14-5-9-17(21)10-6-14/h5-6,9-10,15-16,19,21H,3-4,7-8,11-13H2,1-2H3. The fraction of sp³-hybridized carbons (Fsp3) is 0.667. The van der Waals surface area contributed by atoms with Crippen LogP contribution in [0.2, 0.25) is 0 Å². The van der Waals surface area contributed by atoms with E-state index in [2.05, 4.69) is 36.2 Å². The lowest BCUT2D eigenvalue weighted by Gasteiger charge is -2.47. The quantitative estimate of drug-likeness (QED) is 0.874. The first-order chi connectivity index (χ1) is 10.1. The van der Waals surface area contributed by atoms with Gasteiger partial charge in [0.05, 0.1) is 0 Å². The number of hydrogen-bond donors (Lipinski definition) is 2. The number of phenols is 1. The number of piperazine rings is 1. The van der Waals surface area contributed by atoms with Crippen LogP contribution in [0.5, 0.6) is 5.75 Å². The van der Waals surface area contributed by atoms with Gasteiger partial charge in [-0.15, -0.1) is 0 Å². The van der Waals surface area contributed by atoms with Gasteiger partial charge in [0.2, 0.25) is 0 Å². The van der Waals surface area contributed by atoms with Crippen molar-refractivity contribution >= 4 is 0 Å². The molecule has 1 aromatic carbocycles. The summed E-state index contributed by atoms with van der Waals surface area (Å²) in [5, 5.41) is 13.3. The van der Waals surface area contributed by atoms with Gasteiger partial charge in [-0.25, -0.2) is 0 Å². The minimum absolute atomic E-state index is 0.293. The van der Waals surface area contributed by atoms with Gasteiger partial charge in [-0.3, -0.25) is 4.90 Å². The van der Waals surface area contributed by atoms with Crippen LogP contribution in [-0.2, 0) is 6.54 Å². The summed E-state index contributed by atoms with van der Waals surface area (Å²) in [7, 11) is 0. The van der Waals surface area contributed by atoms with Gasteiger partial charge >= 0.3 is 0 Å². The van der Waals surface area contributed by atoms with Gasteiger partial charge in [0, 0.05) is 31.2 Å². The number of hydrogen-bond acceptors (Lipinski definition) is 3. The average molecular weight is 288 g/mol. The molecular formula is C18H28N2O.